The summed E-state index contributed by atoms with van der Waals surface area (Å²) in [4.78, 5) is 23.4. The molecule has 1 atom stereocenters. The first-order valence-electron chi connectivity index (χ1n) is 9.34. The number of carbonyl (C=O) groups excluding carboxylic acids is 1. The lowest BCUT2D eigenvalue weighted by Gasteiger charge is -2.20. The van der Waals surface area contributed by atoms with Crippen LogP contribution in [0.5, 0.6) is 0 Å². The number of terminal acetylenes is 1. The average Bonchev–Trinajstić information content (AvgIpc) is 2.78. The van der Waals surface area contributed by atoms with Crippen molar-refractivity contribution in [1.82, 2.24) is 0 Å². The van der Waals surface area contributed by atoms with Crippen LogP contribution in [0.2, 0.25) is 0 Å². The summed E-state index contributed by atoms with van der Waals surface area (Å²) < 4.78 is 5.22. The van der Waals surface area contributed by atoms with E-state index in [2.05, 4.69) is 88.8 Å². The zero-order chi connectivity index (χ0) is 24.2. The molecule has 0 spiro atoms. The van der Waals surface area contributed by atoms with Gasteiger partial charge >= 0.3 is 11.9 Å². The van der Waals surface area contributed by atoms with Crippen LogP contribution in [-0.2, 0) is 20.9 Å². The summed E-state index contributed by atoms with van der Waals surface area (Å²) in [6.45, 7) is 1.67. The van der Waals surface area contributed by atoms with Gasteiger partial charge in [-0.25, -0.2) is 0 Å². The summed E-state index contributed by atoms with van der Waals surface area (Å²) in [6, 6.07) is 9.16. The fraction of sp³-hybridized carbons (Fsp3) is 0.172. The van der Waals surface area contributed by atoms with Gasteiger partial charge in [0.15, 0.2) is 0 Å². The van der Waals surface area contributed by atoms with Gasteiger partial charge < -0.3 is 9.84 Å². The van der Waals surface area contributed by atoms with Crippen LogP contribution in [0.25, 0.3) is 0 Å². The van der Waals surface area contributed by atoms with Gasteiger partial charge in [-0.05, 0) is 95.4 Å². The van der Waals surface area contributed by atoms with Crippen molar-refractivity contribution in [2.75, 3.05) is 0 Å². The molecule has 0 aromatic heterocycles. The van der Waals surface area contributed by atoms with Gasteiger partial charge in [-0.15, -0.1) is 6.42 Å². The molecule has 0 amide bonds. The van der Waals surface area contributed by atoms with Crippen LogP contribution in [0, 0.1) is 101 Å². The van der Waals surface area contributed by atoms with Crippen molar-refractivity contribution in [3.05, 3.63) is 35.9 Å². The highest BCUT2D eigenvalue weighted by molar-refractivity contribution is 5.74. The van der Waals surface area contributed by atoms with Gasteiger partial charge in [-0.1, -0.05) is 36.3 Å². The largest absolute Gasteiger partial charge is 0.481 e. The molecule has 0 saturated carbocycles. The van der Waals surface area contributed by atoms with Gasteiger partial charge in [-0.2, -0.15) is 0 Å². The molecule has 4 heteroatoms. The number of carbonyl (C=O) groups is 2. The topological polar surface area (TPSA) is 63.6 Å². The van der Waals surface area contributed by atoms with E-state index in [1.54, 1.807) is 6.92 Å². The lowest BCUT2D eigenvalue weighted by Crippen LogP contribution is -2.24. The molecule has 1 aromatic carbocycles. The van der Waals surface area contributed by atoms with Crippen LogP contribution in [0.1, 0.15) is 25.3 Å². The Morgan fingerprint density at radius 3 is 1.79 bits per heavy atom. The number of hydrogen-bond acceptors (Lipinski definition) is 3. The van der Waals surface area contributed by atoms with Crippen LogP contribution in [-0.4, -0.2) is 17.0 Å². The molecule has 0 bridgehead atoms. The van der Waals surface area contributed by atoms with Gasteiger partial charge in [-0.3, -0.25) is 9.59 Å². The van der Waals surface area contributed by atoms with Gasteiger partial charge in [0.1, 0.15) is 6.61 Å². The maximum atomic E-state index is 12.2. The van der Waals surface area contributed by atoms with Crippen molar-refractivity contribution in [2.24, 2.45) is 5.41 Å². The summed E-state index contributed by atoms with van der Waals surface area (Å²) in [7, 11) is 0. The van der Waals surface area contributed by atoms with E-state index in [0.29, 0.717) is 0 Å². The predicted molar refractivity (Wildman–Crippen MR) is 124 cm³/mol. The summed E-state index contributed by atoms with van der Waals surface area (Å²) in [6.07, 6.45) is 4.41. The van der Waals surface area contributed by atoms with Crippen LogP contribution in [0.4, 0.5) is 0 Å². The zero-order valence-corrected chi connectivity index (χ0v) is 17.8. The maximum Gasteiger partial charge on any atom is 0.307 e. The third-order valence-electron chi connectivity index (χ3n) is 3.50. The minimum Gasteiger partial charge on any atom is -0.481 e. The SMILES string of the molecule is C#CC#CC#CC#CC#CC#CC#CC#CC(C)(CC(=O)O)CC(=O)OCc1ccccc1. The number of rotatable bonds is 6. The summed E-state index contributed by atoms with van der Waals surface area (Å²) >= 11 is 0. The highest BCUT2D eigenvalue weighted by atomic mass is 16.5. The van der Waals surface area contributed by atoms with Crippen molar-refractivity contribution in [1.29, 1.82) is 0 Å². The van der Waals surface area contributed by atoms with E-state index >= 15 is 0 Å². The van der Waals surface area contributed by atoms with E-state index in [0.717, 1.165) is 5.56 Å². The number of esters is 1. The molecular formula is C29H16O4. The average molecular weight is 428 g/mol. The monoisotopic (exact) mass is 428 g/mol. The van der Waals surface area contributed by atoms with Crippen molar-refractivity contribution < 1.29 is 19.4 Å². The highest BCUT2D eigenvalue weighted by Crippen LogP contribution is 2.26. The normalized spacial score (nSPS) is 9.21. The van der Waals surface area contributed by atoms with E-state index in [1.807, 2.05) is 30.3 Å². The third-order valence-corrected chi connectivity index (χ3v) is 3.50. The molecule has 156 valence electrons. The van der Waals surface area contributed by atoms with E-state index in [1.165, 1.54) is 0 Å². The summed E-state index contributed by atoms with van der Waals surface area (Å²) in [5, 5.41) is 9.16. The fourth-order valence-electron chi connectivity index (χ4n) is 2.15. The Morgan fingerprint density at radius 2 is 1.30 bits per heavy atom. The van der Waals surface area contributed by atoms with Gasteiger partial charge in [0.05, 0.1) is 18.3 Å². The molecule has 0 radical (unpaired) electrons. The van der Waals surface area contributed by atoms with Crippen molar-refractivity contribution in [3.8, 4) is 95.2 Å². The summed E-state index contributed by atoms with van der Waals surface area (Å²) in [5.41, 5.74) is -0.305. The number of carboxylic acids is 1. The van der Waals surface area contributed by atoms with Crippen molar-refractivity contribution >= 4 is 11.9 Å². The molecule has 0 aliphatic carbocycles. The smallest absolute Gasteiger partial charge is 0.307 e. The van der Waals surface area contributed by atoms with Crippen molar-refractivity contribution in [2.45, 2.75) is 26.4 Å². The Bertz CT molecular complexity index is 1360. The Balaban J connectivity index is 2.70. The third kappa shape index (κ3) is 13.5. The molecule has 0 heterocycles. The lowest BCUT2D eigenvalue weighted by molar-refractivity contribution is -0.147. The Kier molecular flexibility index (Phi) is 12.0. The number of ether oxygens (including phenoxy) is 1. The van der Waals surface area contributed by atoms with E-state index in [9.17, 15) is 9.59 Å². The molecule has 0 aliphatic heterocycles. The molecule has 33 heavy (non-hydrogen) atoms. The molecule has 0 saturated heterocycles. The van der Waals surface area contributed by atoms with Crippen LogP contribution in [0.3, 0.4) is 0 Å². The van der Waals surface area contributed by atoms with Gasteiger partial charge in [0, 0.05) is 0 Å². The first kappa shape index (κ1) is 25.7. The number of carboxylic acid groups (broad SMARTS) is 1. The minimum absolute atomic E-state index is 0.101. The first-order valence-corrected chi connectivity index (χ1v) is 9.34. The molecule has 1 aromatic rings. The molecule has 1 N–H and O–H groups in total. The number of benzene rings is 1. The minimum atomic E-state index is -1.14. The molecule has 1 unspecified atom stereocenters. The van der Waals surface area contributed by atoms with Crippen LogP contribution < -0.4 is 0 Å². The molecule has 0 aliphatic rings. The highest BCUT2D eigenvalue weighted by Gasteiger charge is 2.29. The second-order valence-corrected chi connectivity index (χ2v) is 6.35. The van der Waals surface area contributed by atoms with Gasteiger partial charge in [0.25, 0.3) is 0 Å². The fourth-order valence-corrected chi connectivity index (χ4v) is 2.15. The number of aliphatic carboxylic acids is 1. The standard InChI is InChI=1S/C29H16O4/c1-3-4-5-6-7-8-9-10-11-12-13-14-15-19-22-29(2,23-27(30)31)24-28(32)33-25-26-20-17-16-18-21-26/h1,16-18,20-21H,23-25H2,2H3,(H,30,31). The van der Waals surface area contributed by atoms with Crippen LogP contribution >= 0.6 is 0 Å². The quantitative estimate of drug-likeness (QED) is 0.558. The Hall–Kier alpha value is -5.36. The molecule has 0 fully saturated rings. The summed E-state index contributed by atoms with van der Waals surface area (Å²) in [5.74, 6) is 35.1. The first-order chi connectivity index (χ1) is 15.9. The molecule has 4 nitrogen and oxygen atoms in total. The number of hydrogen-bond donors (Lipinski definition) is 1. The zero-order valence-electron chi connectivity index (χ0n) is 17.8. The Morgan fingerprint density at radius 1 is 0.818 bits per heavy atom. The van der Waals surface area contributed by atoms with E-state index < -0.39 is 17.4 Å². The van der Waals surface area contributed by atoms with E-state index in [-0.39, 0.29) is 19.4 Å². The second-order valence-electron chi connectivity index (χ2n) is 6.35. The predicted octanol–water partition coefficient (Wildman–Crippen LogP) is 2.26. The molecular weight excluding hydrogens is 412 g/mol. The lowest BCUT2D eigenvalue weighted by atomic mass is 9.84. The van der Waals surface area contributed by atoms with E-state index in [4.69, 9.17) is 16.3 Å². The Labute approximate surface area is 194 Å². The molecule has 1 rings (SSSR count). The van der Waals surface area contributed by atoms with Crippen LogP contribution in [0.15, 0.2) is 30.3 Å². The van der Waals surface area contributed by atoms with Crippen molar-refractivity contribution in [3.63, 3.8) is 0 Å². The van der Waals surface area contributed by atoms with Gasteiger partial charge in [0.2, 0.25) is 0 Å². The second kappa shape index (κ2) is 15.5. The maximum absolute atomic E-state index is 12.2.